The minimum Gasteiger partial charge on any atom is -0.493 e. The van der Waals surface area contributed by atoms with Gasteiger partial charge in [-0.1, -0.05) is 12.1 Å². The Balaban J connectivity index is 2.37. The highest BCUT2D eigenvalue weighted by molar-refractivity contribution is 5.80. The summed E-state index contributed by atoms with van der Waals surface area (Å²) in [6, 6.07) is 7.26. The molecule has 0 heterocycles. The molecule has 0 fully saturated rings. The molecule has 0 aromatic heterocycles. The Morgan fingerprint density at radius 3 is 2.65 bits per heavy atom. The number of hydrogen-bond donors (Lipinski definition) is 1. The lowest BCUT2D eigenvalue weighted by Crippen LogP contribution is -2.37. The van der Waals surface area contributed by atoms with Crippen LogP contribution in [0.2, 0.25) is 0 Å². The van der Waals surface area contributed by atoms with Crippen LogP contribution in [0.4, 0.5) is 0 Å². The minimum atomic E-state index is -0.571. The zero-order chi connectivity index (χ0) is 14.8. The molecule has 1 N–H and O–H groups in total. The monoisotopic (exact) mass is 281 g/mol. The van der Waals surface area contributed by atoms with Crippen LogP contribution in [0.3, 0.4) is 0 Å². The van der Waals surface area contributed by atoms with Gasteiger partial charge in [-0.15, -0.1) is 0 Å². The first-order valence-electron chi connectivity index (χ1n) is 6.84. The van der Waals surface area contributed by atoms with Crippen LogP contribution in [-0.2, 0) is 9.53 Å². The molecule has 1 aromatic carbocycles. The van der Waals surface area contributed by atoms with E-state index in [0.717, 1.165) is 6.42 Å². The third-order valence-electron chi connectivity index (χ3n) is 2.71. The van der Waals surface area contributed by atoms with Gasteiger partial charge in [0.2, 0.25) is 0 Å². The smallest absolute Gasteiger partial charge is 0.260 e. The van der Waals surface area contributed by atoms with Gasteiger partial charge in [-0.25, -0.2) is 0 Å². The van der Waals surface area contributed by atoms with E-state index in [0.29, 0.717) is 31.3 Å². The van der Waals surface area contributed by atoms with Crippen LogP contribution in [0, 0.1) is 0 Å². The first-order valence-corrected chi connectivity index (χ1v) is 6.84. The average Bonchev–Trinajstić information content (AvgIpc) is 2.47. The summed E-state index contributed by atoms with van der Waals surface area (Å²) < 4.78 is 16.0. The third kappa shape index (κ3) is 5.48. The van der Waals surface area contributed by atoms with Gasteiger partial charge in [0.15, 0.2) is 17.6 Å². The van der Waals surface area contributed by atoms with E-state index in [2.05, 4.69) is 5.32 Å². The number of ether oxygens (including phenoxy) is 3. The van der Waals surface area contributed by atoms with Gasteiger partial charge in [0.25, 0.3) is 5.91 Å². The highest BCUT2D eigenvalue weighted by Gasteiger charge is 2.15. The fraction of sp³-hybridized carbons (Fsp3) is 0.533. The Hall–Kier alpha value is -1.75. The van der Waals surface area contributed by atoms with Crippen molar-refractivity contribution < 1.29 is 19.0 Å². The van der Waals surface area contributed by atoms with Crippen LogP contribution in [0.15, 0.2) is 24.3 Å². The van der Waals surface area contributed by atoms with Crippen LogP contribution in [-0.4, -0.2) is 38.9 Å². The third-order valence-corrected chi connectivity index (χ3v) is 2.71. The van der Waals surface area contributed by atoms with Gasteiger partial charge in [0, 0.05) is 19.8 Å². The molecule has 0 aliphatic rings. The molecule has 0 saturated heterocycles. The summed E-state index contributed by atoms with van der Waals surface area (Å²) in [4.78, 5) is 11.9. The lowest BCUT2D eigenvalue weighted by molar-refractivity contribution is -0.127. The summed E-state index contributed by atoms with van der Waals surface area (Å²) in [5.74, 6) is 1.03. The Kier molecular flexibility index (Phi) is 7.50. The normalized spacial score (nSPS) is 11.8. The molecule has 112 valence electrons. The Labute approximate surface area is 120 Å². The summed E-state index contributed by atoms with van der Waals surface area (Å²) in [6.07, 6.45) is 0.222. The fourth-order valence-corrected chi connectivity index (χ4v) is 1.63. The van der Waals surface area contributed by atoms with E-state index < -0.39 is 6.10 Å². The van der Waals surface area contributed by atoms with Crippen LogP contribution in [0.5, 0.6) is 11.5 Å². The van der Waals surface area contributed by atoms with E-state index in [1.165, 1.54) is 0 Å². The number of methoxy groups -OCH3 is 1. The van der Waals surface area contributed by atoms with Crippen molar-refractivity contribution in [2.45, 2.75) is 26.4 Å². The molecule has 1 rings (SSSR count). The molecule has 1 atom stereocenters. The van der Waals surface area contributed by atoms with Gasteiger partial charge in [-0.3, -0.25) is 4.79 Å². The van der Waals surface area contributed by atoms with E-state index in [9.17, 15) is 4.79 Å². The molecule has 0 aliphatic carbocycles. The Morgan fingerprint density at radius 1 is 1.30 bits per heavy atom. The molecule has 0 unspecified atom stereocenters. The second-order valence-corrected chi connectivity index (χ2v) is 4.25. The molecule has 0 saturated carbocycles. The van der Waals surface area contributed by atoms with Crippen molar-refractivity contribution in [1.29, 1.82) is 0 Å². The quantitative estimate of drug-likeness (QED) is 0.703. The average molecular weight is 281 g/mol. The fourth-order valence-electron chi connectivity index (χ4n) is 1.63. The van der Waals surface area contributed by atoms with Gasteiger partial charge >= 0.3 is 0 Å². The van der Waals surface area contributed by atoms with E-state index >= 15 is 0 Å². The Bertz CT molecular complexity index is 409. The number of para-hydroxylation sites is 2. The van der Waals surface area contributed by atoms with Gasteiger partial charge in [-0.2, -0.15) is 0 Å². The molecular formula is C15H23NO4. The SMILES string of the molecule is CCOCCCNC(=O)[C@H](C)Oc1ccccc1OC. The maximum Gasteiger partial charge on any atom is 0.260 e. The van der Waals surface area contributed by atoms with Gasteiger partial charge < -0.3 is 19.5 Å². The van der Waals surface area contributed by atoms with E-state index in [4.69, 9.17) is 14.2 Å². The summed E-state index contributed by atoms with van der Waals surface area (Å²) in [5, 5.41) is 2.81. The highest BCUT2D eigenvalue weighted by atomic mass is 16.5. The number of carbonyl (C=O) groups excluding carboxylic acids is 1. The van der Waals surface area contributed by atoms with Crippen molar-refractivity contribution in [3.8, 4) is 11.5 Å². The molecule has 1 amide bonds. The van der Waals surface area contributed by atoms with Crippen LogP contribution in [0.1, 0.15) is 20.3 Å². The maximum atomic E-state index is 11.9. The molecule has 1 aromatic rings. The zero-order valence-corrected chi connectivity index (χ0v) is 12.3. The van der Waals surface area contributed by atoms with Crippen LogP contribution >= 0.6 is 0 Å². The summed E-state index contributed by atoms with van der Waals surface area (Å²) in [5.41, 5.74) is 0. The van der Waals surface area contributed by atoms with Gasteiger partial charge in [-0.05, 0) is 32.4 Å². The molecule has 0 radical (unpaired) electrons. The van der Waals surface area contributed by atoms with Gasteiger partial charge in [0.05, 0.1) is 7.11 Å². The number of benzene rings is 1. The summed E-state index contributed by atoms with van der Waals surface area (Å²) >= 11 is 0. The number of nitrogens with one attached hydrogen (secondary N) is 1. The largest absolute Gasteiger partial charge is 0.493 e. The van der Waals surface area contributed by atoms with Crippen molar-refractivity contribution in [1.82, 2.24) is 5.32 Å². The summed E-state index contributed by atoms with van der Waals surface area (Å²) in [6.45, 7) is 5.59. The van der Waals surface area contributed by atoms with Crippen molar-refractivity contribution in [2.75, 3.05) is 26.9 Å². The summed E-state index contributed by atoms with van der Waals surface area (Å²) in [7, 11) is 1.57. The van der Waals surface area contributed by atoms with E-state index in [1.54, 1.807) is 26.2 Å². The molecule has 0 spiro atoms. The van der Waals surface area contributed by atoms with Crippen molar-refractivity contribution in [3.05, 3.63) is 24.3 Å². The second kappa shape index (κ2) is 9.20. The van der Waals surface area contributed by atoms with Crippen molar-refractivity contribution in [2.24, 2.45) is 0 Å². The lowest BCUT2D eigenvalue weighted by Gasteiger charge is -2.16. The first-order chi connectivity index (χ1) is 9.69. The predicted octanol–water partition coefficient (Wildman–Crippen LogP) is 2.01. The zero-order valence-electron chi connectivity index (χ0n) is 12.3. The van der Waals surface area contributed by atoms with Gasteiger partial charge in [0.1, 0.15) is 0 Å². The number of rotatable bonds is 9. The van der Waals surface area contributed by atoms with Crippen LogP contribution < -0.4 is 14.8 Å². The second-order valence-electron chi connectivity index (χ2n) is 4.25. The molecule has 5 nitrogen and oxygen atoms in total. The molecule has 20 heavy (non-hydrogen) atoms. The number of amides is 1. The molecule has 0 bridgehead atoms. The first kappa shape index (κ1) is 16.3. The lowest BCUT2D eigenvalue weighted by atomic mass is 10.3. The maximum absolute atomic E-state index is 11.9. The van der Waals surface area contributed by atoms with E-state index in [-0.39, 0.29) is 5.91 Å². The van der Waals surface area contributed by atoms with Crippen molar-refractivity contribution >= 4 is 5.91 Å². The predicted molar refractivity (Wildman–Crippen MR) is 77.2 cm³/mol. The topological polar surface area (TPSA) is 56.8 Å². The Morgan fingerprint density at radius 2 is 2.00 bits per heavy atom. The standard InChI is InChI=1S/C15H23NO4/c1-4-19-11-7-10-16-15(17)12(2)20-14-9-6-5-8-13(14)18-3/h5-6,8-9,12H,4,7,10-11H2,1-3H3,(H,16,17)/t12-/m0/s1. The number of carbonyl (C=O) groups is 1. The highest BCUT2D eigenvalue weighted by Crippen LogP contribution is 2.26. The molecule has 5 heteroatoms. The molecular weight excluding hydrogens is 258 g/mol. The molecule has 0 aliphatic heterocycles. The van der Waals surface area contributed by atoms with Crippen molar-refractivity contribution in [3.63, 3.8) is 0 Å². The number of hydrogen-bond acceptors (Lipinski definition) is 4. The van der Waals surface area contributed by atoms with Crippen LogP contribution in [0.25, 0.3) is 0 Å². The van der Waals surface area contributed by atoms with E-state index in [1.807, 2.05) is 19.1 Å². The minimum absolute atomic E-state index is 0.146.